The van der Waals surface area contributed by atoms with E-state index in [0.29, 0.717) is 5.82 Å². The van der Waals surface area contributed by atoms with Crippen molar-refractivity contribution in [2.75, 3.05) is 18.0 Å². The van der Waals surface area contributed by atoms with Crippen LogP contribution in [0.15, 0.2) is 18.3 Å². The van der Waals surface area contributed by atoms with Gasteiger partial charge in [0.05, 0.1) is 0 Å². The molecule has 0 amide bonds. The number of aromatic nitrogens is 1. The van der Waals surface area contributed by atoms with E-state index in [1.54, 1.807) is 12.3 Å². The SMILES string of the molecule is Fc1cccnc1N1CCC1. The van der Waals surface area contributed by atoms with Crippen LogP contribution in [-0.4, -0.2) is 18.1 Å². The number of nitrogens with zero attached hydrogens (tertiary/aromatic N) is 2. The third-order valence-electron chi connectivity index (χ3n) is 1.89. The third kappa shape index (κ3) is 1.06. The maximum Gasteiger partial charge on any atom is 0.165 e. The fraction of sp³-hybridized carbons (Fsp3) is 0.375. The molecule has 0 saturated carbocycles. The zero-order valence-electron chi connectivity index (χ0n) is 6.13. The summed E-state index contributed by atoms with van der Waals surface area (Å²) < 4.78 is 13.0. The fourth-order valence-corrected chi connectivity index (χ4v) is 1.14. The first-order chi connectivity index (χ1) is 5.38. The topological polar surface area (TPSA) is 16.1 Å². The first kappa shape index (κ1) is 6.58. The van der Waals surface area contributed by atoms with Gasteiger partial charge in [0.2, 0.25) is 0 Å². The lowest BCUT2D eigenvalue weighted by atomic mass is 10.2. The van der Waals surface area contributed by atoms with Gasteiger partial charge in [0.25, 0.3) is 0 Å². The summed E-state index contributed by atoms with van der Waals surface area (Å²) in [7, 11) is 0. The highest BCUT2D eigenvalue weighted by molar-refractivity contribution is 5.41. The van der Waals surface area contributed by atoms with Crippen LogP contribution in [0.4, 0.5) is 10.2 Å². The zero-order chi connectivity index (χ0) is 7.68. The Morgan fingerprint density at radius 1 is 1.45 bits per heavy atom. The standard InChI is InChI=1S/C8H9FN2/c9-7-3-1-4-10-8(7)11-5-2-6-11/h1,3-4H,2,5-6H2. The first-order valence-electron chi connectivity index (χ1n) is 3.73. The molecule has 1 fully saturated rings. The van der Waals surface area contributed by atoms with Crippen LogP contribution in [0.3, 0.4) is 0 Å². The number of hydrogen-bond acceptors (Lipinski definition) is 2. The lowest BCUT2D eigenvalue weighted by Crippen LogP contribution is -2.38. The van der Waals surface area contributed by atoms with Crippen molar-refractivity contribution >= 4 is 5.82 Å². The molecule has 0 aliphatic carbocycles. The van der Waals surface area contributed by atoms with Gasteiger partial charge < -0.3 is 4.90 Å². The first-order valence-corrected chi connectivity index (χ1v) is 3.73. The Kier molecular flexibility index (Phi) is 1.49. The largest absolute Gasteiger partial charge is 0.354 e. The second-order valence-electron chi connectivity index (χ2n) is 2.65. The summed E-state index contributed by atoms with van der Waals surface area (Å²) in [6.45, 7) is 1.88. The van der Waals surface area contributed by atoms with E-state index in [2.05, 4.69) is 4.98 Å². The normalized spacial score (nSPS) is 16.3. The summed E-state index contributed by atoms with van der Waals surface area (Å²) in [6.07, 6.45) is 2.77. The van der Waals surface area contributed by atoms with Gasteiger partial charge >= 0.3 is 0 Å². The van der Waals surface area contributed by atoms with Crippen molar-refractivity contribution in [3.63, 3.8) is 0 Å². The lowest BCUT2D eigenvalue weighted by Gasteiger charge is -2.31. The number of hydrogen-bond donors (Lipinski definition) is 0. The van der Waals surface area contributed by atoms with Gasteiger partial charge in [-0.2, -0.15) is 0 Å². The van der Waals surface area contributed by atoms with Crippen molar-refractivity contribution in [1.82, 2.24) is 4.98 Å². The molecule has 1 aromatic rings. The summed E-state index contributed by atoms with van der Waals surface area (Å²) >= 11 is 0. The van der Waals surface area contributed by atoms with E-state index < -0.39 is 0 Å². The van der Waals surface area contributed by atoms with Gasteiger partial charge in [-0.25, -0.2) is 9.37 Å². The minimum Gasteiger partial charge on any atom is -0.354 e. The van der Waals surface area contributed by atoms with Gasteiger partial charge in [-0.1, -0.05) is 0 Å². The Morgan fingerprint density at radius 2 is 2.27 bits per heavy atom. The molecule has 0 spiro atoms. The second kappa shape index (κ2) is 2.49. The van der Waals surface area contributed by atoms with Crippen molar-refractivity contribution in [1.29, 1.82) is 0 Å². The van der Waals surface area contributed by atoms with E-state index in [1.807, 2.05) is 4.90 Å². The van der Waals surface area contributed by atoms with E-state index in [0.717, 1.165) is 19.5 Å². The Hall–Kier alpha value is -1.12. The molecule has 1 aromatic heterocycles. The predicted octanol–water partition coefficient (Wildman–Crippen LogP) is 1.43. The van der Waals surface area contributed by atoms with E-state index in [4.69, 9.17) is 0 Å². The number of pyridine rings is 1. The van der Waals surface area contributed by atoms with Crippen LogP contribution in [0.2, 0.25) is 0 Å². The van der Waals surface area contributed by atoms with Crippen molar-refractivity contribution < 1.29 is 4.39 Å². The molecule has 0 atom stereocenters. The smallest absolute Gasteiger partial charge is 0.165 e. The molecule has 2 nitrogen and oxygen atoms in total. The van der Waals surface area contributed by atoms with E-state index in [9.17, 15) is 4.39 Å². The van der Waals surface area contributed by atoms with Gasteiger partial charge in [-0.15, -0.1) is 0 Å². The van der Waals surface area contributed by atoms with Crippen LogP contribution in [0, 0.1) is 5.82 Å². The van der Waals surface area contributed by atoms with Gasteiger partial charge in [0.1, 0.15) is 0 Å². The lowest BCUT2D eigenvalue weighted by molar-refractivity contribution is 0.563. The molecular weight excluding hydrogens is 143 g/mol. The summed E-state index contributed by atoms with van der Waals surface area (Å²) in [5, 5.41) is 0. The second-order valence-corrected chi connectivity index (χ2v) is 2.65. The summed E-state index contributed by atoms with van der Waals surface area (Å²) in [4.78, 5) is 5.89. The average molecular weight is 152 g/mol. The quantitative estimate of drug-likeness (QED) is 0.605. The van der Waals surface area contributed by atoms with Crippen molar-refractivity contribution in [3.8, 4) is 0 Å². The van der Waals surface area contributed by atoms with Crippen molar-refractivity contribution in [2.45, 2.75) is 6.42 Å². The number of rotatable bonds is 1. The Balaban J connectivity index is 2.28. The van der Waals surface area contributed by atoms with Crippen LogP contribution >= 0.6 is 0 Å². The molecule has 2 heterocycles. The average Bonchev–Trinajstić information content (AvgIpc) is 1.90. The fourth-order valence-electron chi connectivity index (χ4n) is 1.14. The summed E-state index contributed by atoms with van der Waals surface area (Å²) in [5.74, 6) is 0.283. The summed E-state index contributed by atoms with van der Waals surface area (Å²) in [6, 6.07) is 3.05. The van der Waals surface area contributed by atoms with E-state index in [-0.39, 0.29) is 5.82 Å². The van der Waals surface area contributed by atoms with E-state index >= 15 is 0 Å². The molecule has 58 valence electrons. The molecule has 0 bridgehead atoms. The summed E-state index contributed by atoms with van der Waals surface area (Å²) in [5.41, 5.74) is 0. The maximum atomic E-state index is 13.0. The molecule has 0 radical (unpaired) electrons. The van der Waals surface area contributed by atoms with Crippen molar-refractivity contribution in [3.05, 3.63) is 24.1 Å². The molecule has 0 aromatic carbocycles. The van der Waals surface area contributed by atoms with Gasteiger partial charge in [-0.3, -0.25) is 0 Å². The maximum absolute atomic E-state index is 13.0. The van der Waals surface area contributed by atoms with E-state index in [1.165, 1.54) is 6.07 Å². The Morgan fingerprint density at radius 3 is 2.82 bits per heavy atom. The van der Waals surface area contributed by atoms with Gasteiger partial charge in [0.15, 0.2) is 11.6 Å². The number of halogens is 1. The molecule has 1 aliphatic heterocycles. The van der Waals surface area contributed by atoms with Crippen molar-refractivity contribution in [2.24, 2.45) is 0 Å². The molecule has 11 heavy (non-hydrogen) atoms. The van der Waals surface area contributed by atoms with Gasteiger partial charge in [-0.05, 0) is 18.6 Å². The molecule has 3 heteroatoms. The highest BCUT2D eigenvalue weighted by Crippen LogP contribution is 2.19. The van der Waals surface area contributed by atoms with Crippen LogP contribution in [0.5, 0.6) is 0 Å². The Bertz CT molecular complexity index is 258. The highest BCUT2D eigenvalue weighted by Gasteiger charge is 2.18. The minimum atomic E-state index is -0.216. The molecule has 1 saturated heterocycles. The zero-order valence-corrected chi connectivity index (χ0v) is 6.13. The predicted molar refractivity (Wildman–Crippen MR) is 41.0 cm³/mol. The molecule has 0 N–H and O–H groups in total. The van der Waals surface area contributed by atoms with Crippen LogP contribution in [0.25, 0.3) is 0 Å². The third-order valence-corrected chi connectivity index (χ3v) is 1.89. The highest BCUT2D eigenvalue weighted by atomic mass is 19.1. The number of anilines is 1. The van der Waals surface area contributed by atoms with Gasteiger partial charge in [0, 0.05) is 19.3 Å². The minimum absolute atomic E-state index is 0.216. The van der Waals surface area contributed by atoms with Crippen LogP contribution < -0.4 is 4.90 Å². The van der Waals surface area contributed by atoms with Crippen LogP contribution in [-0.2, 0) is 0 Å². The monoisotopic (exact) mass is 152 g/mol. The molecule has 2 rings (SSSR count). The van der Waals surface area contributed by atoms with Crippen LogP contribution in [0.1, 0.15) is 6.42 Å². The Labute approximate surface area is 64.7 Å². The molecule has 0 unspecified atom stereocenters. The molecule has 1 aliphatic rings. The molecular formula is C8H9FN2.